The lowest BCUT2D eigenvalue weighted by molar-refractivity contribution is 0.0633. The summed E-state index contributed by atoms with van der Waals surface area (Å²) in [5.41, 5.74) is 0.849. The molecule has 2 aromatic carbocycles. The number of nitrogens with zero attached hydrogens (tertiary/aromatic N) is 2. The van der Waals surface area contributed by atoms with Crippen molar-refractivity contribution in [2.75, 3.05) is 19.7 Å². The van der Waals surface area contributed by atoms with Gasteiger partial charge in [-0.05, 0) is 49.2 Å². The predicted molar refractivity (Wildman–Crippen MR) is 91.7 cm³/mol. The fourth-order valence-electron chi connectivity index (χ4n) is 3.07. The average Bonchev–Trinajstić information content (AvgIpc) is 2.67. The van der Waals surface area contributed by atoms with Gasteiger partial charge in [0.15, 0.2) is 0 Å². The molecule has 4 nitrogen and oxygen atoms in total. The van der Waals surface area contributed by atoms with Crippen LogP contribution in [-0.2, 0) is 0 Å². The van der Waals surface area contributed by atoms with Crippen LogP contribution in [0.25, 0.3) is 0 Å². The quantitative estimate of drug-likeness (QED) is 0.855. The molecule has 1 aliphatic heterocycles. The Labute approximate surface area is 146 Å². The van der Waals surface area contributed by atoms with E-state index in [1.54, 1.807) is 41.3 Å². The van der Waals surface area contributed by atoms with E-state index in [9.17, 15) is 14.4 Å². The fourth-order valence-corrected chi connectivity index (χ4v) is 3.07. The van der Waals surface area contributed by atoms with Gasteiger partial charge in [-0.15, -0.1) is 0 Å². The number of carbonyl (C=O) groups is 1. The predicted octanol–water partition coefficient (Wildman–Crippen LogP) is 3.63. The zero-order valence-corrected chi connectivity index (χ0v) is 13.8. The maximum Gasteiger partial charge on any atom is 0.255 e. The number of likely N-dealkylation sites (tertiary alicyclic amines) is 1. The number of carbonyl (C=O) groups excluding carboxylic acids is 1. The number of benzene rings is 2. The Morgan fingerprint density at radius 2 is 2.00 bits per heavy atom. The molecule has 0 N–H and O–H groups in total. The highest BCUT2D eigenvalue weighted by atomic mass is 19.1. The van der Waals surface area contributed by atoms with Crippen molar-refractivity contribution in [2.24, 2.45) is 5.92 Å². The van der Waals surface area contributed by atoms with Crippen molar-refractivity contribution < 1.29 is 13.9 Å². The summed E-state index contributed by atoms with van der Waals surface area (Å²) in [6, 6.07) is 14.9. The van der Waals surface area contributed by atoms with Crippen LogP contribution in [0.15, 0.2) is 48.5 Å². The van der Waals surface area contributed by atoms with Crippen LogP contribution in [0.2, 0.25) is 0 Å². The van der Waals surface area contributed by atoms with Crippen LogP contribution in [0.5, 0.6) is 5.75 Å². The molecular weight excluding hydrogens is 319 g/mol. The molecule has 3 rings (SSSR count). The lowest BCUT2D eigenvalue weighted by Gasteiger charge is -2.33. The Morgan fingerprint density at radius 1 is 1.24 bits per heavy atom. The van der Waals surface area contributed by atoms with Crippen LogP contribution < -0.4 is 4.74 Å². The van der Waals surface area contributed by atoms with Crippen LogP contribution in [-0.4, -0.2) is 30.5 Å². The molecule has 0 aliphatic carbocycles. The molecule has 0 aromatic heterocycles. The smallest absolute Gasteiger partial charge is 0.255 e. The Bertz CT molecular complexity index is 783. The molecule has 25 heavy (non-hydrogen) atoms. The van der Waals surface area contributed by atoms with Gasteiger partial charge in [0.25, 0.3) is 5.91 Å². The molecule has 0 saturated carbocycles. The van der Waals surface area contributed by atoms with E-state index in [1.807, 2.05) is 0 Å². The number of piperidine rings is 1. The molecule has 1 atom stereocenters. The van der Waals surface area contributed by atoms with E-state index in [1.165, 1.54) is 12.1 Å². The van der Waals surface area contributed by atoms with Crippen molar-refractivity contribution in [1.29, 1.82) is 5.26 Å². The zero-order chi connectivity index (χ0) is 17.6. The van der Waals surface area contributed by atoms with E-state index in [2.05, 4.69) is 6.07 Å². The van der Waals surface area contributed by atoms with E-state index in [-0.39, 0.29) is 17.6 Å². The molecule has 1 aliphatic rings. The Morgan fingerprint density at radius 3 is 2.76 bits per heavy atom. The van der Waals surface area contributed by atoms with Crippen molar-refractivity contribution >= 4 is 5.91 Å². The van der Waals surface area contributed by atoms with Gasteiger partial charge in [0.1, 0.15) is 11.6 Å². The van der Waals surface area contributed by atoms with Crippen LogP contribution in [0, 0.1) is 23.1 Å². The maximum absolute atomic E-state index is 12.9. The first-order valence-corrected chi connectivity index (χ1v) is 8.34. The van der Waals surface area contributed by atoms with Crippen LogP contribution in [0.4, 0.5) is 4.39 Å². The van der Waals surface area contributed by atoms with Gasteiger partial charge in [-0.1, -0.05) is 12.1 Å². The van der Waals surface area contributed by atoms with Crippen molar-refractivity contribution in [3.05, 3.63) is 65.5 Å². The van der Waals surface area contributed by atoms with Gasteiger partial charge in [0.2, 0.25) is 0 Å². The second-order valence-electron chi connectivity index (χ2n) is 6.18. The summed E-state index contributed by atoms with van der Waals surface area (Å²) in [7, 11) is 0. The molecule has 2 aromatic rings. The average molecular weight is 338 g/mol. The van der Waals surface area contributed by atoms with E-state index >= 15 is 0 Å². The molecule has 5 heteroatoms. The number of nitriles is 1. The fraction of sp³-hybridized carbons (Fsp3) is 0.300. The molecular formula is C20H19FN2O2. The summed E-state index contributed by atoms with van der Waals surface area (Å²) >= 11 is 0. The van der Waals surface area contributed by atoms with Gasteiger partial charge in [-0.3, -0.25) is 4.79 Å². The third kappa shape index (κ3) is 4.16. The van der Waals surface area contributed by atoms with Crippen LogP contribution in [0.1, 0.15) is 28.8 Å². The highest BCUT2D eigenvalue weighted by Gasteiger charge is 2.26. The second-order valence-corrected chi connectivity index (χ2v) is 6.18. The summed E-state index contributed by atoms with van der Waals surface area (Å²) in [5.74, 6) is 0.443. The van der Waals surface area contributed by atoms with Gasteiger partial charge in [0, 0.05) is 19.0 Å². The number of ether oxygens (including phenoxy) is 1. The SMILES string of the molecule is N#Cc1ccccc1C(=O)N1CCC[C@H](COc2ccc(F)cc2)C1. The summed E-state index contributed by atoms with van der Waals surface area (Å²) < 4.78 is 18.6. The second kappa shape index (κ2) is 7.80. The number of hydrogen-bond acceptors (Lipinski definition) is 3. The minimum atomic E-state index is -0.294. The van der Waals surface area contributed by atoms with E-state index in [0.717, 1.165) is 12.8 Å². The minimum absolute atomic E-state index is 0.108. The van der Waals surface area contributed by atoms with Crippen molar-refractivity contribution in [3.63, 3.8) is 0 Å². The standard InChI is InChI=1S/C20H19FN2O2/c21-17-7-9-18(10-8-17)25-14-15-4-3-11-23(13-15)20(24)19-6-2-1-5-16(19)12-22/h1-2,5-10,15H,3-4,11,13-14H2/t15-/m0/s1. The largest absolute Gasteiger partial charge is 0.493 e. The molecule has 128 valence electrons. The Balaban J connectivity index is 1.62. The molecule has 1 saturated heterocycles. The Hall–Kier alpha value is -2.87. The van der Waals surface area contributed by atoms with Crippen molar-refractivity contribution in [1.82, 2.24) is 4.90 Å². The highest BCUT2D eigenvalue weighted by Crippen LogP contribution is 2.21. The number of amides is 1. The summed E-state index contributed by atoms with van der Waals surface area (Å²) in [4.78, 5) is 14.5. The number of rotatable bonds is 4. The van der Waals surface area contributed by atoms with Gasteiger partial charge in [-0.25, -0.2) is 4.39 Å². The van der Waals surface area contributed by atoms with Gasteiger partial charge in [-0.2, -0.15) is 5.26 Å². The lowest BCUT2D eigenvalue weighted by atomic mass is 9.97. The van der Waals surface area contributed by atoms with Crippen LogP contribution in [0.3, 0.4) is 0 Å². The Kier molecular flexibility index (Phi) is 5.30. The van der Waals surface area contributed by atoms with Crippen LogP contribution >= 0.6 is 0 Å². The van der Waals surface area contributed by atoms with E-state index in [4.69, 9.17) is 4.74 Å². The van der Waals surface area contributed by atoms with Gasteiger partial charge < -0.3 is 9.64 Å². The zero-order valence-electron chi connectivity index (χ0n) is 13.8. The highest BCUT2D eigenvalue weighted by molar-refractivity contribution is 5.96. The molecule has 1 heterocycles. The molecule has 1 amide bonds. The normalized spacial score (nSPS) is 17.0. The molecule has 0 unspecified atom stereocenters. The number of hydrogen-bond donors (Lipinski definition) is 0. The van der Waals surface area contributed by atoms with Gasteiger partial charge >= 0.3 is 0 Å². The molecule has 0 bridgehead atoms. The van der Waals surface area contributed by atoms with Crippen molar-refractivity contribution in [2.45, 2.75) is 12.8 Å². The molecule has 0 radical (unpaired) electrons. The monoisotopic (exact) mass is 338 g/mol. The van der Waals surface area contributed by atoms with Crippen molar-refractivity contribution in [3.8, 4) is 11.8 Å². The van der Waals surface area contributed by atoms with E-state index in [0.29, 0.717) is 36.6 Å². The molecule has 0 spiro atoms. The first-order valence-electron chi connectivity index (χ1n) is 8.34. The minimum Gasteiger partial charge on any atom is -0.493 e. The topological polar surface area (TPSA) is 53.3 Å². The first kappa shape index (κ1) is 17.0. The third-order valence-electron chi connectivity index (χ3n) is 4.38. The van der Waals surface area contributed by atoms with E-state index < -0.39 is 0 Å². The summed E-state index contributed by atoms with van der Waals surface area (Å²) in [6.45, 7) is 1.76. The molecule has 1 fully saturated rings. The maximum atomic E-state index is 12.9. The lowest BCUT2D eigenvalue weighted by Crippen LogP contribution is -2.41. The summed E-state index contributed by atoms with van der Waals surface area (Å²) in [6.07, 6.45) is 1.88. The summed E-state index contributed by atoms with van der Waals surface area (Å²) in [5, 5.41) is 9.18. The number of halogens is 1. The van der Waals surface area contributed by atoms with Gasteiger partial charge in [0.05, 0.1) is 23.8 Å². The third-order valence-corrected chi connectivity index (χ3v) is 4.38. The first-order chi connectivity index (χ1) is 12.2.